The van der Waals surface area contributed by atoms with Crippen molar-refractivity contribution in [2.45, 2.75) is 26.2 Å². The van der Waals surface area contributed by atoms with Crippen LogP contribution >= 0.6 is 0 Å². The van der Waals surface area contributed by atoms with Gasteiger partial charge < -0.3 is 20.1 Å². The Bertz CT molecular complexity index is 408. The minimum Gasteiger partial charge on any atom is -0.497 e. The molecule has 2 N–H and O–H groups in total. The van der Waals surface area contributed by atoms with Crippen LogP contribution in [0.25, 0.3) is 0 Å². The van der Waals surface area contributed by atoms with Gasteiger partial charge in [-0.2, -0.15) is 0 Å². The lowest BCUT2D eigenvalue weighted by Gasteiger charge is -2.12. The standard InChI is InChI=1S/C14H22N2O3/c1-4-5-6-9-15-14(17)16-12-10-11(18-2)7-8-13(12)19-3/h7-8,10H,4-6,9H2,1-3H3,(H2,15,16,17). The van der Waals surface area contributed by atoms with Gasteiger partial charge in [-0.15, -0.1) is 0 Å². The Balaban J connectivity index is 2.56. The minimum atomic E-state index is -0.234. The molecule has 2 amide bonds. The summed E-state index contributed by atoms with van der Waals surface area (Å²) in [5.41, 5.74) is 0.592. The van der Waals surface area contributed by atoms with Gasteiger partial charge in [0.15, 0.2) is 0 Å². The lowest BCUT2D eigenvalue weighted by molar-refractivity contribution is 0.251. The normalized spacial score (nSPS) is 9.84. The quantitative estimate of drug-likeness (QED) is 0.746. The second-order valence-corrected chi connectivity index (χ2v) is 4.15. The van der Waals surface area contributed by atoms with Gasteiger partial charge in [-0.25, -0.2) is 4.79 Å². The molecule has 0 aliphatic carbocycles. The van der Waals surface area contributed by atoms with Crippen molar-refractivity contribution < 1.29 is 14.3 Å². The highest BCUT2D eigenvalue weighted by Gasteiger charge is 2.08. The molecule has 5 nitrogen and oxygen atoms in total. The zero-order chi connectivity index (χ0) is 14.1. The SMILES string of the molecule is CCCCCNC(=O)Nc1cc(OC)ccc1OC. The van der Waals surface area contributed by atoms with Crippen LogP contribution in [0.5, 0.6) is 11.5 Å². The second-order valence-electron chi connectivity index (χ2n) is 4.15. The van der Waals surface area contributed by atoms with Crippen LogP contribution in [0.2, 0.25) is 0 Å². The van der Waals surface area contributed by atoms with E-state index in [9.17, 15) is 4.79 Å². The largest absolute Gasteiger partial charge is 0.497 e. The van der Waals surface area contributed by atoms with Gasteiger partial charge in [-0.05, 0) is 18.6 Å². The van der Waals surface area contributed by atoms with E-state index in [2.05, 4.69) is 17.6 Å². The number of benzene rings is 1. The average molecular weight is 266 g/mol. The highest BCUT2D eigenvalue weighted by atomic mass is 16.5. The first kappa shape index (κ1) is 15.1. The molecule has 0 heterocycles. The van der Waals surface area contributed by atoms with E-state index in [1.807, 2.05) is 0 Å². The molecule has 0 fully saturated rings. The molecule has 1 rings (SSSR count). The first-order valence-electron chi connectivity index (χ1n) is 6.48. The van der Waals surface area contributed by atoms with Crippen LogP contribution < -0.4 is 20.1 Å². The Hall–Kier alpha value is -1.91. The van der Waals surface area contributed by atoms with E-state index in [1.54, 1.807) is 32.4 Å². The molecule has 0 saturated carbocycles. The zero-order valence-electron chi connectivity index (χ0n) is 11.8. The van der Waals surface area contributed by atoms with Crippen molar-refractivity contribution in [1.29, 1.82) is 0 Å². The van der Waals surface area contributed by atoms with E-state index < -0.39 is 0 Å². The van der Waals surface area contributed by atoms with Gasteiger partial charge in [-0.1, -0.05) is 19.8 Å². The molecule has 1 aromatic rings. The summed E-state index contributed by atoms with van der Waals surface area (Å²) >= 11 is 0. The fourth-order valence-electron chi connectivity index (χ4n) is 1.66. The molecule has 0 aromatic heterocycles. The van der Waals surface area contributed by atoms with Crippen LogP contribution in [0.1, 0.15) is 26.2 Å². The molecular formula is C14H22N2O3. The first-order valence-corrected chi connectivity index (χ1v) is 6.48. The van der Waals surface area contributed by atoms with Crippen LogP contribution in [0, 0.1) is 0 Å². The highest BCUT2D eigenvalue weighted by Crippen LogP contribution is 2.28. The van der Waals surface area contributed by atoms with Gasteiger partial charge in [0.2, 0.25) is 0 Å². The molecule has 0 atom stereocenters. The van der Waals surface area contributed by atoms with Crippen molar-refractivity contribution in [3.8, 4) is 11.5 Å². The molecule has 0 aliphatic heterocycles. The number of methoxy groups -OCH3 is 2. The second kappa shape index (κ2) is 8.24. The number of carbonyl (C=O) groups excluding carboxylic acids is 1. The van der Waals surface area contributed by atoms with Gasteiger partial charge >= 0.3 is 6.03 Å². The van der Waals surface area contributed by atoms with Crippen LogP contribution in [-0.2, 0) is 0 Å². The summed E-state index contributed by atoms with van der Waals surface area (Å²) in [6.45, 7) is 2.80. The number of unbranched alkanes of at least 4 members (excludes halogenated alkanes) is 2. The van der Waals surface area contributed by atoms with Gasteiger partial charge in [0, 0.05) is 12.6 Å². The van der Waals surface area contributed by atoms with E-state index in [1.165, 1.54) is 0 Å². The molecule has 1 aromatic carbocycles. The van der Waals surface area contributed by atoms with Gasteiger partial charge in [0.25, 0.3) is 0 Å². The van der Waals surface area contributed by atoms with Crippen molar-refractivity contribution in [2.24, 2.45) is 0 Å². The molecule has 0 bridgehead atoms. The molecule has 0 saturated heterocycles. The Labute approximate surface area is 114 Å². The van der Waals surface area contributed by atoms with Crippen LogP contribution in [-0.4, -0.2) is 26.8 Å². The number of amides is 2. The lowest BCUT2D eigenvalue weighted by atomic mass is 10.2. The Morgan fingerprint density at radius 2 is 2.00 bits per heavy atom. The molecular weight excluding hydrogens is 244 g/mol. The van der Waals surface area contributed by atoms with Crippen molar-refractivity contribution in [2.75, 3.05) is 26.1 Å². The third kappa shape index (κ3) is 5.07. The molecule has 5 heteroatoms. The van der Waals surface area contributed by atoms with Gasteiger partial charge in [0.1, 0.15) is 11.5 Å². The topological polar surface area (TPSA) is 59.6 Å². The fraction of sp³-hybridized carbons (Fsp3) is 0.500. The summed E-state index contributed by atoms with van der Waals surface area (Å²) in [5, 5.41) is 5.57. The number of carbonyl (C=O) groups is 1. The van der Waals surface area contributed by atoms with Crippen molar-refractivity contribution in [3.05, 3.63) is 18.2 Å². The van der Waals surface area contributed by atoms with Gasteiger partial charge in [0.05, 0.1) is 19.9 Å². The average Bonchev–Trinajstić information content (AvgIpc) is 2.43. The van der Waals surface area contributed by atoms with Crippen molar-refractivity contribution in [1.82, 2.24) is 5.32 Å². The number of ether oxygens (including phenoxy) is 2. The third-order valence-electron chi connectivity index (χ3n) is 2.72. The van der Waals surface area contributed by atoms with E-state index in [0.29, 0.717) is 23.7 Å². The fourth-order valence-corrected chi connectivity index (χ4v) is 1.66. The monoisotopic (exact) mass is 266 g/mol. The number of hydrogen-bond donors (Lipinski definition) is 2. The number of rotatable bonds is 7. The summed E-state index contributed by atoms with van der Waals surface area (Å²) in [6.07, 6.45) is 3.23. The summed E-state index contributed by atoms with van der Waals surface area (Å²) in [4.78, 5) is 11.7. The summed E-state index contributed by atoms with van der Waals surface area (Å²) in [7, 11) is 3.14. The smallest absolute Gasteiger partial charge is 0.319 e. The maximum absolute atomic E-state index is 11.7. The number of anilines is 1. The minimum absolute atomic E-state index is 0.234. The van der Waals surface area contributed by atoms with Crippen LogP contribution in [0.15, 0.2) is 18.2 Å². The summed E-state index contributed by atoms with van der Waals surface area (Å²) in [5.74, 6) is 1.27. The predicted molar refractivity (Wildman–Crippen MR) is 76.1 cm³/mol. The zero-order valence-corrected chi connectivity index (χ0v) is 11.8. The molecule has 0 spiro atoms. The van der Waals surface area contributed by atoms with Gasteiger partial charge in [-0.3, -0.25) is 0 Å². The summed E-state index contributed by atoms with van der Waals surface area (Å²) in [6, 6.07) is 5.03. The van der Waals surface area contributed by atoms with E-state index in [-0.39, 0.29) is 6.03 Å². The molecule has 19 heavy (non-hydrogen) atoms. The molecule has 106 valence electrons. The number of urea groups is 1. The van der Waals surface area contributed by atoms with Crippen molar-refractivity contribution >= 4 is 11.7 Å². The Morgan fingerprint density at radius 3 is 2.63 bits per heavy atom. The maximum Gasteiger partial charge on any atom is 0.319 e. The number of nitrogens with one attached hydrogen (secondary N) is 2. The van der Waals surface area contributed by atoms with Crippen LogP contribution in [0.3, 0.4) is 0 Å². The molecule has 0 radical (unpaired) electrons. The van der Waals surface area contributed by atoms with E-state index in [4.69, 9.17) is 9.47 Å². The summed E-state index contributed by atoms with van der Waals surface area (Å²) < 4.78 is 10.3. The first-order chi connectivity index (χ1) is 9.21. The lowest BCUT2D eigenvalue weighted by Crippen LogP contribution is -2.29. The van der Waals surface area contributed by atoms with E-state index >= 15 is 0 Å². The Morgan fingerprint density at radius 1 is 1.21 bits per heavy atom. The third-order valence-corrected chi connectivity index (χ3v) is 2.72. The highest BCUT2D eigenvalue weighted by molar-refractivity contribution is 5.91. The van der Waals surface area contributed by atoms with E-state index in [0.717, 1.165) is 19.3 Å². The predicted octanol–water partition coefficient (Wildman–Crippen LogP) is 3.02. The Kier molecular flexibility index (Phi) is 6.57. The van der Waals surface area contributed by atoms with Crippen LogP contribution in [0.4, 0.5) is 10.5 Å². The molecule has 0 aliphatic rings. The number of hydrogen-bond acceptors (Lipinski definition) is 3. The molecule has 0 unspecified atom stereocenters. The van der Waals surface area contributed by atoms with Crippen molar-refractivity contribution in [3.63, 3.8) is 0 Å². The maximum atomic E-state index is 11.7.